The number of likely N-dealkylation sites (N-methyl/N-ethyl adjacent to an activating group) is 3. The number of esters is 2. The predicted molar refractivity (Wildman–Crippen MR) is 219 cm³/mol. The molecule has 0 heterocycles. The molecule has 0 saturated carbocycles. The minimum absolute atomic E-state index is 0.00475. The van der Waals surface area contributed by atoms with Gasteiger partial charge in [-0.25, -0.2) is 4.79 Å². The van der Waals surface area contributed by atoms with Gasteiger partial charge in [0, 0.05) is 32.9 Å². The molecule has 0 aliphatic heterocycles. The topological polar surface area (TPSA) is 175 Å². The number of ether oxygens (including phenoxy) is 3. The van der Waals surface area contributed by atoms with Crippen molar-refractivity contribution in [2.24, 2.45) is 11.8 Å². The van der Waals surface area contributed by atoms with Crippen LogP contribution in [0.3, 0.4) is 0 Å². The molecule has 0 fully saturated rings. The molecule has 3 rings (SSSR count). The molecule has 3 N–H and O–H groups in total. The van der Waals surface area contributed by atoms with E-state index in [4.69, 9.17) is 14.2 Å². The molecule has 0 aliphatic carbocycles. The Morgan fingerprint density at radius 2 is 1.09 bits per heavy atom. The quantitative estimate of drug-likeness (QED) is 0.141. The maximum absolute atomic E-state index is 14.5. The van der Waals surface area contributed by atoms with E-state index in [2.05, 4.69) is 5.32 Å². The fourth-order valence-corrected chi connectivity index (χ4v) is 6.43. The fraction of sp³-hybridized carbons (Fsp3) is 0.477. The summed E-state index contributed by atoms with van der Waals surface area (Å²) < 4.78 is 16.3. The third-order valence-electron chi connectivity index (χ3n) is 10.5. The lowest BCUT2D eigenvalue weighted by molar-refractivity contribution is -0.164. The van der Waals surface area contributed by atoms with Crippen molar-refractivity contribution in [2.45, 2.75) is 83.6 Å². The number of phenolic OH excluding ortho intramolecular Hbond substituents is 2. The van der Waals surface area contributed by atoms with Gasteiger partial charge in [-0.2, -0.15) is 0 Å². The fourth-order valence-electron chi connectivity index (χ4n) is 6.43. The van der Waals surface area contributed by atoms with Crippen LogP contribution in [0.5, 0.6) is 17.2 Å². The van der Waals surface area contributed by atoms with Gasteiger partial charge in [0.1, 0.15) is 41.4 Å². The van der Waals surface area contributed by atoms with Crippen LogP contribution in [0.4, 0.5) is 0 Å². The van der Waals surface area contributed by atoms with E-state index in [9.17, 15) is 34.2 Å². The van der Waals surface area contributed by atoms with Gasteiger partial charge >= 0.3 is 11.9 Å². The van der Waals surface area contributed by atoms with Crippen LogP contribution >= 0.6 is 0 Å². The van der Waals surface area contributed by atoms with Gasteiger partial charge < -0.3 is 39.5 Å². The lowest BCUT2D eigenvalue weighted by Crippen LogP contribution is -2.59. The predicted octanol–water partition coefficient (Wildman–Crippen LogP) is 3.99. The summed E-state index contributed by atoms with van der Waals surface area (Å²) in [4.78, 5) is 74.2. The first-order chi connectivity index (χ1) is 27.4. The minimum atomic E-state index is -1.23. The van der Waals surface area contributed by atoms with E-state index >= 15 is 0 Å². The number of methoxy groups -OCH3 is 2. The first-order valence-electron chi connectivity index (χ1n) is 19.4. The van der Waals surface area contributed by atoms with E-state index < -0.39 is 71.8 Å². The van der Waals surface area contributed by atoms with Crippen LogP contribution < -0.4 is 10.1 Å². The van der Waals surface area contributed by atoms with E-state index in [0.717, 1.165) is 5.56 Å². The Morgan fingerprint density at radius 1 is 0.638 bits per heavy atom. The van der Waals surface area contributed by atoms with Gasteiger partial charge in [-0.15, -0.1) is 0 Å². The molecule has 58 heavy (non-hydrogen) atoms. The van der Waals surface area contributed by atoms with Gasteiger partial charge in [0.15, 0.2) is 6.10 Å². The highest BCUT2D eigenvalue weighted by molar-refractivity contribution is 5.95. The monoisotopic (exact) mass is 804 g/mol. The summed E-state index contributed by atoms with van der Waals surface area (Å²) in [5.74, 6) is -3.22. The Hall–Kier alpha value is -5.63. The molecule has 0 aromatic heterocycles. The summed E-state index contributed by atoms with van der Waals surface area (Å²) in [5.41, 5.74) is 2.15. The van der Waals surface area contributed by atoms with Gasteiger partial charge in [-0.05, 0) is 85.9 Å². The number of phenols is 2. The Kier molecular flexibility index (Phi) is 17.5. The Morgan fingerprint density at radius 3 is 1.52 bits per heavy atom. The van der Waals surface area contributed by atoms with Crippen molar-refractivity contribution in [3.63, 3.8) is 0 Å². The van der Waals surface area contributed by atoms with Gasteiger partial charge in [-0.3, -0.25) is 24.1 Å². The molecule has 0 spiro atoms. The largest absolute Gasteiger partial charge is 0.508 e. The average molecular weight is 805 g/mol. The zero-order valence-electron chi connectivity index (χ0n) is 35.3. The summed E-state index contributed by atoms with van der Waals surface area (Å²) in [5, 5.41) is 22.6. The van der Waals surface area contributed by atoms with Crippen LogP contribution in [0, 0.1) is 11.8 Å². The second-order valence-electron chi connectivity index (χ2n) is 15.2. The second-order valence-corrected chi connectivity index (χ2v) is 15.2. The van der Waals surface area contributed by atoms with Gasteiger partial charge in [0.2, 0.25) is 11.8 Å². The highest BCUT2D eigenvalue weighted by Crippen LogP contribution is 2.22. The number of nitrogens with one attached hydrogen (secondary N) is 1. The van der Waals surface area contributed by atoms with Crippen LogP contribution in [0.1, 0.15) is 50.8 Å². The summed E-state index contributed by atoms with van der Waals surface area (Å²) >= 11 is 0. The first kappa shape index (κ1) is 46.8. The SMILES string of the molecule is CC[C@@H](C)[C@@H](OC(=O)[C@H](Cc1ccc(OC)cc1)N(C)C)C(=O)N[C@H](C(=O)N(C)C(Cc1ccc(O)cc1)C(=O)N(C)[C@@H](Cc1ccc(O)cc1)C(=O)OC)C(C)C. The molecule has 6 atom stereocenters. The number of rotatable bonds is 20. The maximum Gasteiger partial charge on any atom is 0.328 e. The van der Waals surface area contributed by atoms with Crippen LogP contribution in [-0.4, -0.2) is 127 Å². The summed E-state index contributed by atoms with van der Waals surface area (Å²) in [6.07, 6.45) is -0.341. The molecule has 3 amide bonds. The highest BCUT2D eigenvalue weighted by Gasteiger charge is 2.40. The van der Waals surface area contributed by atoms with Crippen LogP contribution in [-0.2, 0) is 52.7 Å². The lowest BCUT2D eigenvalue weighted by atomic mass is 9.96. The molecule has 14 heteroatoms. The number of hydrogen-bond donors (Lipinski definition) is 3. The first-order valence-corrected chi connectivity index (χ1v) is 19.4. The Balaban J connectivity index is 1.92. The number of hydrogen-bond acceptors (Lipinski definition) is 11. The van der Waals surface area contributed by atoms with E-state index in [-0.39, 0.29) is 24.3 Å². The number of nitrogens with zero attached hydrogens (tertiary/aromatic N) is 3. The highest BCUT2D eigenvalue weighted by atomic mass is 16.6. The zero-order valence-corrected chi connectivity index (χ0v) is 35.3. The zero-order chi connectivity index (χ0) is 43.3. The smallest absolute Gasteiger partial charge is 0.328 e. The van der Waals surface area contributed by atoms with Crippen molar-refractivity contribution in [1.29, 1.82) is 0 Å². The van der Waals surface area contributed by atoms with Crippen molar-refractivity contribution in [2.75, 3.05) is 42.4 Å². The van der Waals surface area contributed by atoms with Crippen molar-refractivity contribution in [3.05, 3.63) is 89.5 Å². The van der Waals surface area contributed by atoms with Crippen molar-refractivity contribution in [1.82, 2.24) is 20.0 Å². The average Bonchev–Trinajstić information content (AvgIpc) is 3.21. The normalized spacial score (nSPS) is 14.3. The molecule has 316 valence electrons. The summed E-state index contributed by atoms with van der Waals surface area (Å²) in [6, 6.07) is 15.6. The molecule has 0 aliphatic rings. The number of aromatic hydroxyl groups is 2. The maximum atomic E-state index is 14.5. The molecule has 0 bridgehead atoms. The van der Waals surface area contributed by atoms with Gasteiger partial charge in [0.25, 0.3) is 5.91 Å². The van der Waals surface area contributed by atoms with Crippen molar-refractivity contribution in [3.8, 4) is 17.2 Å². The van der Waals surface area contributed by atoms with Crippen LogP contribution in [0.2, 0.25) is 0 Å². The molecule has 0 saturated heterocycles. The number of carbonyl (C=O) groups is 5. The molecular weight excluding hydrogens is 745 g/mol. The van der Waals surface area contributed by atoms with Crippen LogP contribution in [0.25, 0.3) is 0 Å². The molecule has 14 nitrogen and oxygen atoms in total. The molecule has 0 radical (unpaired) electrons. The van der Waals surface area contributed by atoms with E-state index in [1.807, 2.05) is 19.1 Å². The standard InChI is InChI=1S/C44H60N4O10/c1-11-28(4)39(58-44(55)36(46(5)6)25-31-16-22-34(56-9)23-17-31)40(51)45-38(27(2)3)42(53)47(7)35(24-29-12-18-32(49)19-13-29)41(52)48(8)37(43(54)57-10)26-30-14-20-33(50)21-15-30/h12-23,27-28,35-39,49-50H,11,24-26H2,1-10H3,(H,45,51)/t28-,35?,36+,37+,38+,39-/m1/s1. The number of amides is 3. The third kappa shape index (κ3) is 12.7. The number of benzene rings is 3. The van der Waals surface area contributed by atoms with E-state index in [0.29, 0.717) is 29.7 Å². The second kappa shape index (κ2) is 21.8. The molecule has 3 aromatic carbocycles. The van der Waals surface area contributed by atoms with E-state index in [1.54, 1.807) is 83.3 Å². The van der Waals surface area contributed by atoms with Crippen LogP contribution in [0.15, 0.2) is 72.8 Å². The summed E-state index contributed by atoms with van der Waals surface area (Å²) in [7, 11) is 9.21. The Labute approximate surface area is 342 Å². The lowest BCUT2D eigenvalue weighted by Gasteiger charge is -2.36. The van der Waals surface area contributed by atoms with Crippen molar-refractivity contribution < 1.29 is 48.4 Å². The van der Waals surface area contributed by atoms with Gasteiger partial charge in [0.05, 0.1) is 14.2 Å². The number of carbonyl (C=O) groups excluding carboxylic acids is 5. The molecular formula is C44H60N4O10. The van der Waals surface area contributed by atoms with Gasteiger partial charge in [-0.1, -0.05) is 64.1 Å². The minimum Gasteiger partial charge on any atom is -0.508 e. The van der Waals surface area contributed by atoms with E-state index in [1.165, 1.54) is 55.3 Å². The molecule has 1 unspecified atom stereocenters. The third-order valence-corrected chi connectivity index (χ3v) is 10.5. The Bertz CT molecular complexity index is 1820. The summed E-state index contributed by atoms with van der Waals surface area (Å²) in [6.45, 7) is 7.18. The molecule has 3 aromatic rings. The van der Waals surface area contributed by atoms with Crippen molar-refractivity contribution >= 4 is 29.7 Å².